The fourth-order valence-electron chi connectivity index (χ4n) is 1.90. The molecule has 2 nitrogen and oxygen atoms in total. The van der Waals surface area contributed by atoms with Gasteiger partial charge in [-0.1, -0.05) is 0 Å². The van der Waals surface area contributed by atoms with Crippen molar-refractivity contribution in [1.29, 1.82) is 0 Å². The Morgan fingerprint density at radius 3 is 0.500 bits per heavy atom. The summed E-state index contributed by atoms with van der Waals surface area (Å²) in [5.74, 6) is -82.0. The third kappa shape index (κ3) is 3.64. The second-order valence-electron chi connectivity index (χ2n) is 6.41. The summed E-state index contributed by atoms with van der Waals surface area (Å²) in [5, 5.41) is 0. The fraction of sp³-hybridized carbons (Fsp3) is 1.00. The number of nitrogens with two attached hydrogens (primary N) is 2. The zero-order valence-corrected chi connectivity index (χ0v) is 15.1. The number of hydrogen-bond acceptors (Lipinski definition) is 2. The largest absolute Gasteiger partial charge is 0.385 e. The van der Waals surface area contributed by atoms with Crippen LogP contribution in [-0.4, -0.2) is 72.3 Å². The van der Waals surface area contributed by atoms with Gasteiger partial charge >= 0.3 is 59.2 Å². The molecule has 0 atom stereocenters. The molecule has 0 amide bonds. The van der Waals surface area contributed by atoms with E-state index in [1.807, 2.05) is 0 Å². The smallest absolute Gasteiger partial charge is 0.325 e. The summed E-state index contributed by atoms with van der Waals surface area (Å²) in [6.45, 7) is -6.19. The summed E-state index contributed by atoms with van der Waals surface area (Å²) in [6, 6.07) is 0. The van der Waals surface area contributed by atoms with Crippen LogP contribution >= 0.6 is 0 Å². The Hall–Kier alpha value is -1.48. The van der Waals surface area contributed by atoms with Crippen molar-refractivity contribution in [3.05, 3.63) is 0 Å². The zero-order chi connectivity index (χ0) is 28.4. The van der Waals surface area contributed by atoms with Gasteiger partial charge in [0.25, 0.3) is 0 Å². The number of alkyl halides is 20. The second-order valence-corrected chi connectivity index (χ2v) is 6.41. The molecule has 0 rings (SSSR count). The van der Waals surface area contributed by atoms with Crippen LogP contribution in [0.5, 0.6) is 0 Å². The van der Waals surface area contributed by atoms with Crippen LogP contribution in [0.15, 0.2) is 0 Å². The molecule has 206 valence electrons. The maximum absolute atomic E-state index is 13.4. The van der Waals surface area contributed by atoms with Gasteiger partial charge in [0.1, 0.15) is 0 Å². The van der Waals surface area contributed by atoms with Crippen molar-refractivity contribution in [3.8, 4) is 0 Å². The molecule has 0 aliphatic carbocycles. The Kier molecular flexibility index (Phi) is 7.67. The monoisotopic (exact) mass is 560 g/mol. The molecule has 0 aliphatic rings. The van der Waals surface area contributed by atoms with E-state index in [2.05, 4.69) is 11.5 Å². The van der Waals surface area contributed by atoms with Gasteiger partial charge in [-0.3, -0.25) is 0 Å². The Balaban J connectivity index is 7.06. The van der Waals surface area contributed by atoms with E-state index in [-0.39, 0.29) is 0 Å². The van der Waals surface area contributed by atoms with Gasteiger partial charge in [0.15, 0.2) is 0 Å². The van der Waals surface area contributed by atoms with E-state index >= 15 is 0 Å². The van der Waals surface area contributed by atoms with Crippen LogP contribution in [0.1, 0.15) is 0 Å². The maximum Gasteiger partial charge on any atom is 0.385 e. The highest BCUT2D eigenvalue weighted by molar-refractivity contribution is 5.18. The Labute approximate surface area is 173 Å². The summed E-state index contributed by atoms with van der Waals surface area (Å²) in [7, 11) is 0. The third-order valence-electron chi connectivity index (χ3n) is 4.19. The minimum atomic E-state index is -9.03. The number of halogens is 20. The maximum atomic E-state index is 13.4. The van der Waals surface area contributed by atoms with Gasteiger partial charge in [0.05, 0.1) is 13.1 Å². The van der Waals surface area contributed by atoms with Gasteiger partial charge in [-0.2, -0.15) is 87.8 Å². The quantitative estimate of drug-likeness (QED) is 0.339. The topological polar surface area (TPSA) is 52.0 Å². The van der Waals surface area contributed by atoms with Crippen LogP contribution in [0.3, 0.4) is 0 Å². The van der Waals surface area contributed by atoms with E-state index in [1.54, 1.807) is 0 Å². The van der Waals surface area contributed by atoms with Crippen LogP contribution in [0.4, 0.5) is 87.8 Å². The lowest BCUT2D eigenvalue weighted by Gasteiger charge is -2.45. The highest BCUT2D eigenvalue weighted by atomic mass is 19.4. The highest BCUT2D eigenvalue weighted by Gasteiger charge is 2.97. The van der Waals surface area contributed by atoms with Crippen LogP contribution in [-0.2, 0) is 0 Å². The highest BCUT2D eigenvalue weighted by Crippen LogP contribution is 2.65. The lowest BCUT2D eigenvalue weighted by atomic mass is 9.85. The molecule has 0 aliphatic heterocycles. The minimum absolute atomic E-state index is 3.09. The van der Waals surface area contributed by atoms with Crippen molar-refractivity contribution < 1.29 is 87.8 Å². The van der Waals surface area contributed by atoms with Crippen molar-refractivity contribution >= 4 is 0 Å². The molecule has 0 unspecified atom stereocenters. The van der Waals surface area contributed by atoms with E-state index in [4.69, 9.17) is 0 Å². The fourth-order valence-corrected chi connectivity index (χ4v) is 1.90. The molecule has 0 bridgehead atoms. The molecular weight excluding hydrogens is 552 g/mol. The lowest BCUT2D eigenvalue weighted by molar-refractivity contribution is -0.468. The normalized spacial score (nSPS) is 16.8. The SMILES string of the molecule is NCC(F)(F)C(F)(F)C(F)(F)C(F)(F)C(F)(F)C(F)(F)C(F)(F)C(F)(F)C(F)(F)C(F)(F)CN. The number of hydrogen-bond donors (Lipinski definition) is 2. The van der Waals surface area contributed by atoms with E-state index in [0.29, 0.717) is 0 Å². The van der Waals surface area contributed by atoms with Gasteiger partial charge < -0.3 is 11.5 Å². The van der Waals surface area contributed by atoms with Crippen LogP contribution in [0.25, 0.3) is 0 Å². The molecule has 0 aromatic heterocycles. The van der Waals surface area contributed by atoms with Crippen molar-refractivity contribution in [2.24, 2.45) is 11.5 Å². The zero-order valence-electron chi connectivity index (χ0n) is 15.1. The molecule has 0 spiro atoms. The van der Waals surface area contributed by atoms with Crippen molar-refractivity contribution in [2.75, 3.05) is 13.1 Å². The van der Waals surface area contributed by atoms with E-state index < -0.39 is 72.3 Å². The van der Waals surface area contributed by atoms with Gasteiger partial charge in [0, 0.05) is 0 Å². The molecule has 0 saturated carbocycles. The summed E-state index contributed by atoms with van der Waals surface area (Å²) < 4.78 is 264. The summed E-state index contributed by atoms with van der Waals surface area (Å²) in [6.07, 6.45) is 0. The summed E-state index contributed by atoms with van der Waals surface area (Å²) >= 11 is 0. The molecule has 0 fully saturated rings. The average molecular weight is 560 g/mol. The van der Waals surface area contributed by atoms with Crippen LogP contribution in [0.2, 0.25) is 0 Å². The van der Waals surface area contributed by atoms with E-state index in [1.165, 1.54) is 0 Å². The van der Waals surface area contributed by atoms with Gasteiger partial charge in [-0.25, -0.2) is 0 Å². The second kappa shape index (κ2) is 8.02. The summed E-state index contributed by atoms with van der Waals surface area (Å²) in [4.78, 5) is 0. The van der Waals surface area contributed by atoms with Gasteiger partial charge in [-0.15, -0.1) is 0 Å². The first kappa shape index (κ1) is 32.5. The minimum Gasteiger partial charge on any atom is -0.325 e. The number of rotatable bonds is 11. The lowest BCUT2D eigenvalue weighted by Crippen LogP contribution is -2.77. The Bertz CT molecular complexity index is 678. The average Bonchev–Trinajstić information content (AvgIpc) is 2.66. The molecular formula is C12H8F20N2. The van der Waals surface area contributed by atoms with Crippen LogP contribution in [0, 0.1) is 0 Å². The third-order valence-corrected chi connectivity index (χ3v) is 4.19. The first-order valence-corrected chi connectivity index (χ1v) is 7.55. The molecule has 0 aromatic carbocycles. The molecule has 0 aromatic rings. The summed E-state index contributed by atoms with van der Waals surface area (Å²) in [5.41, 5.74) is 7.66. The molecule has 0 heterocycles. The first-order valence-electron chi connectivity index (χ1n) is 7.55. The predicted molar refractivity (Wildman–Crippen MR) is 67.6 cm³/mol. The predicted octanol–water partition coefficient (Wildman–Crippen LogP) is 5.26. The van der Waals surface area contributed by atoms with Crippen molar-refractivity contribution in [1.82, 2.24) is 0 Å². The molecule has 34 heavy (non-hydrogen) atoms. The molecule has 22 heteroatoms. The van der Waals surface area contributed by atoms with E-state index in [0.717, 1.165) is 0 Å². The van der Waals surface area contributed by atoms with E-state index in [9.17, 15) is 87.8 Å². The van der Waals surface area contributed by atoms with Gasteiger partial charge in [-0.05, 0) is 0 Å². The molecule has 0 saturated heterocycles. The first-order chi connectivity index (χ1) is 14.4. The molecule has 0 radical (unpaired) electrons. The van der Waals surface area contributed by atoms with Gasteiger partial charge in [0.2, 0.25) is 0 Å². The standard InChI is InChI=1S/C12H8F20N2/c13-3(14,1-33)5(17,18)7(21,22)9(25,26)11(29,30)12(31,32)10(27,28)8(23,24)6(19,20)4(15,16)2-34/h1-2,33-34H2. The Morgan fingerprint density at radius 1 is 0.265 bits per heavy atom. The molecule has 4 N–H and O–H groups in total. The van der Waals surface area contributed by atoms with Crippen LogP contribution < -0.4 is 11.5 Å². The Morgan fingerprint density at radius 2 is 0.382 bits per heavy atom. The van der Waals surface area contributed by atoms with Crippen molar-refractivity contribution in [2.45, 2.75) is 59.2 Å². The van der Waals surface area contributed by atoms with Crippen molar-refractivity contribution in [3.63, 3.8) is 0 Å².